The van der Waals surface area contributed by atoms with E-state index in [0.717, 1.165) is 32.2 Å². The summed E-state index contributed by atoms with van der Waals surface area (Å²) in [4.78, 5) is 0. The van der Waals surface area contributed by atoms with E-state index in [0.29, 0.717) is 6.54 Å². The second kappa shape index (κ2) is 17.9. The molecular weight excluding hydrogens is 176 g/mol. The molecule has 0 saturated carbocycles. The highest BCUT2D eigenvalue weighted by Crippen LogP contribution is 1.92. The quantitative estimate of drug-likeness (QED) is 0.466. The van der Waals surface area contributed by atoms with Crippen molar-refractivity contribution in [3.8, 4) is 0 Å². The van der Waals surface area contributed by atoms with Crippen LogP contribution in [0.5, 0.6) is 0 Å². The molecule has 0 aliphatic carbocycles. The number of hydrogen-bond acceptors (Lipinski definition) is 4. The first kappa shape index (κ1) is 15.5. The minimum atomic E-state index is 0.688. The number of hydrogen-bond donors (Lipinski definition) is 4. The van der Waals surface area contributed by atoms with Gasteiger partial charge in [0.2, 0.25) is 0 Å². The molecule has 0 atom stereocenters. The standard InChI is InChI=1S/C6H14N2.C4H10N2/c7-5-3-1-2-4-6-8;5-3-1-2-4-6/h3,5H,1-2,4,6-8H2;1,3H,2,4-6H2. The molecule has 0 amide bonds. The van der Waals surface area contributed by atoms with Crippen LogP contribution in [0.15, 0.2) is 24.6 Å². The highest BCUT2D eigenvalue weighted by Gasteiger charge is 1.78. The third-order valence-electron chi connectivity index (χ3n) is 1.43. The Kier molecular flexibility index (Phi) is 19.8. The maximum absolute atomic E-state index is 5.26. The maximum Gasteiger partial charge on any atom is -0.00420 e. The first-order valence-corrected chi connectivity index (χ1v) is 4.97. The lowest BCUT2D eigenvalue weighted by molar-refractivity contribution is 0.758. The van der Waals surface area contributed by atoms with Crippen molar-refractivity contribution in [3.63, 3.8) is 0 Å². The fourth-order valence-corrected chi connectivity index (χ4v) is 0.695. The SMILES string of the molecule is NC=CCCCCN.NC=CCCN. The van der Waals surface area contributed by atoms with Gasteiger partial charge < -0.3 is 22.9 Å². The molecule has 0 heterocycles. The Balaban J connectivity index is 0. The summed E-state index contributed by atoms with van der Waals surface area (Å²) in [5, 5.41) is 0. The van der Waals surface area contributed by atoms with Crippen LogP contribution in [0.1, 0.15) is 25.7 Å². The van der Waals surface area contributed by atoms with Gasteiger partial charge in [0.1, 0.15) is 0 Å². The number of rotatable bonds is 6. The van der Waals surface area contributed by atoms with E-state index in [1.165, 1.54) is 6.20 Å². The van der Waals surface area contributed by atoms with E-state index in [9.17, 15) is 0 Å². The Labute approximate surface area is 87.0 Å². The summed E-state index contributed by atoms with van der Waals surface area (Å²) in [6.07, 6.45) is 11.1. The Morgan fingerprint density at radius 2 is 1.29 bits per heavy atom. The zero-order valence-corrected chi connectivity index (χ0v) is 8.86. The molecule has 0 aromatic heterocycles. The van der Waals surface area contributed by atoms with E-state index < -0.39 is 0 Å². The first-order valence-electron chi connectivity index (χ1n) is 4.97. The topological polar surface area (TPSA) is 104 Å². The molecule has 4 heteroatoms. The molecule has 0 saturated heterocycles. The lowest BCUT2D eigenvalue weighted by Crippen LogP contribution is -1.96. The van der Waals surface area contributed by atoms with Crippen molar-refractivity contribution in [1.29, 1.82) is 0 Å². The van der Waals surface area contributed by atoms with Crippen LogP contribution in [0.3, 0.4) is 0 Å². The van der Waals surface area contributed by atoms with Crippen molar-refractivity contribution < 1.29 is 0 Å². The van der Waals surface area contributed by atoms with Gasteiger partial charge in [0, 0.05) is 0 Å². The molecule has 0 unspecified atom stereocenters. The van der Waals surface area contributed by atoms with Gasteiger partial charge in [0.05, 0.1) is 0 Å². The third kappa shape index (κ3) is 22.4. The van der Waals surface area contributed by atoms with Gasteiger partial charge in [-0.2, -0.15) is 0 Å². The van der Waals surface area contributed by atoms with E-state index in [4.69, 9.17) is 22.9 Å². The third-order valence-corrected chi connectivity index (χ3v) is 1.43. The van der Waals surface area contributed by atoms with Crippen LogP contribution in [0.2, 0.25) is 0 Å². The first-order chi connectivity index (χ1) is 6.83. The van der Waals surface area contributed by atoms with Gasteiger partial charge >= 0.3 is 0 Å². The highest BCUT2D eigenvalue weighted by atomic mass is 14.5. The summed E-state index contributed by atoms with van der Waals surface area (Å²) >= 11 is 0. The molecule has 0 aromatic rings. The van der Waals surface area contributed by atoms with E-state index >= 15 is 0 Å². The smallest absolute Gasteiger partial charge is 0.00420 e. The molecule has 4 nitrogen and oxygen atoms in total. The Hall–Kier alpha value is -1.00. The summed E-state index contributed by atoms with van der Waals surface area (Å²) in [5.41, 5.74) is 20.4. The molecule has 0 aliphatic heterocycles. The lowest BCUT2D eigenvalue weighted by Gasteiger charge is -1.89. The predicted octanol–water partition coefficient (Wildman–Crippen LogP) is 0.395. The van der Waals surface area contributed by atoms with Gasteiger partial charge in [-0.25, -0.2) is 0 Å². The van der Waals surface area contributed by atoms with E-state index in [-0.39, 0.29) is 0 Å². The molecule has 84 valence electrons. The molecule has 0 rings (SSSR count). The maximum atomic E-state index is 5.26. The monoisotopic (exact) mass is 200 g/mol. The van der Waals surface area contributed by atoms with Gasteiger partial charge in [0.25, 0.3) is 0 Å². The molecule has 0 aliphatic rings. The van der Waals surface area contributed by atoms with Crippen LogP contribution in [0, 0.1) is 0 Å². The van der Waals surface area contributed by atoms with Crippen LogP contribution in [-0.4, -0.2) is 13.1 Å². The lowest BCUT2D eigenvalue weighted by atomic mass is 10.2. The van der Waals surface area contributed by atoms with E-state index in [2.05, 4.69) is 0 Å². The molecular formula is C10H24N4. The molecule has 8 N–H and O–H groups in total. The number of allylic oxidation sites excluding steroid dienone is 1. The van der Waals surface area contributed by atoms with Crippen molar-refractivity contribution in [3.05, 3.63) is 24.6 Å². The van der Waals surface area contributed by atoms with Crippen LogP contribution < -0.4 is 22.9 Å². The van der Waals surface area contributed by atoms with Crippen LogP contribution >= 0.6 is 0 Å². The Bertz CT molecular complexity index is 132. The molecule has 0 spiro atoms. The fourth-order valence-electron chi connectivity index (χ4n) is 0.695. The predicted molar refractivity (Wildman–Crippen MR) is 63.2 cm³/mol. The van der Waals surface area contributed by atoms with Crippen molar-refractivity contribution in [2.75, 3.05) is 13.1 Å². The molecule has 0 fully saturated rings. The summed E-state index contributed by atoms with van der Waals surface area (Å²) in [7, 11) is 0. The second-order valence-electron chi connectivity index (χ2n) is 2.72. The van der Waals surface area contributed by atoms with Crippen molar-refractivity contribution in [1.82, 2.24) is 0 Å². The normalized spacial score (nSPS) is 10.4. The van der Waals surface area contributed by atoms with Gasteiger partial charge in [-0.1, -0.05) is 12.2 Å². The van der Waals surface area contributed by atoms with Gasteiger partial charge in [-0.05, 0) is 51.2 Å². The van der Waals surface area contributed by atoms with Gasteiger partial charge in [-0.15, -0.1) is 0 Å². The largest absolute Gasteiger partial charge is 0.405 e. The van der Waals surface area contributed by atoms with Gasteiger partial charge in [-0.3, -0.25) is 0 Å². The minimum absolute atomic E-state index is 0.688. The average Bonchev–Trinajstić information content (AvgIpc) is 2.22. The summed E-state index contributed by atoms with van der Waals surface area (Å²) in [6.45, 7) is 1.48. The van der Waals surface area contributed by atoms with Crippen molar-refractivity contribution in [2.24, 2.45) is 22.9 Å². The summed E-state index contributed by atoms with van der Waals surface area (Å²) in [6, 6.07) is 0. The number of nitrogens with two attached hydrogens (primary N) is 4. The second-order valence-corrected chi connectivity index (χ2v) is 2.72. The zero-order chi connectivity index (χ0) is 11.1. The minimum Gasteiger partial charge on any atom is -0.405 e. The van der Waals surface area contributed by atoms with E-state index in [1.807, 2.05) is 12.2 Å². The van der Waals surface area contributed by atoms with Crippen LogP contribution in [0.4, 0.5) is 0 Å². The molecule has 0 bridgehead atoms. The number of unbranched alkanes of at least 4 members (excludes halogenated alkanes) is 2. The highest BCUT2D eigenvalue weighted by molar-refractivity contribution is 4.75. The molecule has 0 aromatic carbocycles. The Morgan fingerprint density at radius 3 is 1.64 bits per heavy atom. The van der Waals surface area contributed by atoms with Crippen LogP contribution in [-0.2, 0) is 0 Å². The summed E-state index contributed by atoms with van der Waals surface area (Å²) in [5.74, 6) is 0. The average molecular weight is 200 g/mol. The molecule has 0 radical (unpaired) electrons. The van der Waals surface area contributed by atoms with Gasteiger partial charge in [0.15, 0.2) is 0 Å². The van der Waals surface area contributed by atoms with E-state index in [1.54, 1.807) is 6.20 Å². The van der Waals surface area contributed by atoms with Crippen molar-refractivity contribution in [2.45, 2.75) is 25.7 Å². The molecule has 14 heavy (non-hydrogen) atoms. The van der Waals surface area contributed by atoms with Crippen molar-refractivity contribution >= 4 is 0 Å². The Morgan fingerprint density at radius 1 is 0.714 bits per heavy atom. The van der Waals surface area contributed by atoms with Crippen LogP contribution in [0.25, 0.3) is 0 Å². The summed E-state index contributed by atoms with van der Waals surface area (Å²) < 4.78 is 0. The zero-order valence-electron chi connectivity index (χ0n) is 8.86. The fraction of sp³-hybridized carbons (Fsp3) is 0.600.